The quantitative estimate of drug-likeness (QED) is 0.485. The van der Waals surface area contributed by atoms with Crippen molar-refractivity contribution < 1.29 is 10.2 Å². The summed E-state index contributed by atoms with van der Waals surface area (Å²) in [7, 11) is 0. The molecule has 0 aliphatic heterocycles. The van der Waals surface area contributed by atoms with Gasteiger partial charge >= 0.3 is 0 Å². The number of aliphatic hydroxyl groups excluding tert-OH is 2. The molecule has 0 radical (unpaired) electrons. The molecular formula is C28H46O2. The zero-order valence-electron chi connectivity index (χ0n) is 20.0. The molecule has 0 heterocycles. The lowest BCUT2D eigenvalue weighted by atomic mass is 9.46. The maximum Gasteiger partial charge on any atom is 0.0577 e. The molecule has 3 saturated carbocycles. The molecule has 0 saturated heterocycles. The van der Waals surface area contributed by atoms with Crippen molar-refractivity contribution in [1.82, 2.24) is 0 Å². The first-order valence-electron chi connectivity index (χ1n) is 12.9. The fourth-order valence-electron chi connectivity index (χ4n) is 8.56. The summed E-state index contributed by atoms with van der Waals surface area (Å²) < 4.78 is 0. The molecule has 2 heteroatoms. The SMILES string of the molecule is C=C(CC[C@@H](C)[C@H]1CC[C@H]2[C@@H]3CC=C4C[C@@H](O)CC[C@]4(C)[C@H]3CC[C@]12CO)C(C)C. The highest BCUT2D eigenvalue weighted by atomic mass is 16.3. The van der Waals surface area contributed by atoms with Gasteiger partial charge in [-0.3, -0.25) is 0 Å². The Balaban J connectivity index is 1.53. The van der Waals surface area contributed by atoms with Crippen LogP contribution in [0.5, 0.6) is 0 Å². The smallest absolute Gasteiger partial charge is 0.0577 e. The summed E-state index contributed by atoms with van der Waals surface area (Å²) in [6.45, 7) is 14.1. The van der Waals surface area contributed by atoms with E-state index in [0.717, 1.165) is 37.5 Å². The van der Waals surface area contributed by atoms with Crippen LogP contribution in [0.25, 0.3) is 0 Å². The molecule has 4 rings (SSSR count). The van der Waals surface area contributed by atoms with E-state index in [1.807, 2.05) is 0 Å². The average Bonchev–Trinajstić information content (AvgIpc) is 3.12. The van der Waals surface area contributed by atoms with Crippen molar-refractivity contribution in [1.29, 1.82) is 0 Å². The second-order valence-electron chi connectivity index (χ2n) is 12.1. The summed E-state index contributed by atoms with van der Waals surface area (Å²) in [5.41, 5.74) is 3.38. The predicted molar refractivity (Wildman–Crippen MR) is 125 cm³/mol. The van der Waals surface area contributed by atoms with Crippen molar-refractivity contribution in [2.24, 2.45) is 46.3 Å². The van der Waals surface area contributed by atoms with Crippen LogP contribution in [0.2, 0.25) is 0 Å². The summed E-state index contributed by atoms with van der Waals surface area (Å²) in [6, 6.07) is 0. The van der Waals surface area contributed by atoms with E-state index in [1.165, 1.54) is 44.1 Å². The molecule has 2 N–H and O–H groups in total. The first-order chi connectivity index (χ1) is 14.2. The lowest BCUT2D eigenvalue weighted by molar-refractivity contribution is -0.0898. The summed E-state index contributed by atoms with van der Waals surface area (Å²) in [5.74, 6) is 4.09. The van der Waals surface area contributed by atoms with Gasteiger partial charge in [-0.15, -0.1) is 0 Å². The molecule has 8 atom stereocenters. The second kappa shape index (κ2) is 8.39. The van der Waals surface area contributed by atoms with Crippen molar-refractivity contribution in [2.75, 3.05) is 6.61 Å². The lowest BCUT2D eigenvalue weighted by Gasteiger charge is -2.58. The number of aliphatic hydroxyl groups is 2. The first kappa shape index (κ1) is 22.6. The van der Waals surface area contributed by atoms with Gasteiger partial charge in [0.2, 0.25) is 0 Å². The molecule has 4 aliphatic carbocycles. The van der Waals surface area contributed by atoms with E-state index in [0.29, 0.717) is 35.7 Å². The van der Waals surface area contributed by atoms with Gasteiger partial charge in [0.1, 0.15) is 0 Å². The van der Waals surface area contributed by atoms with Crippen molar-refractivity contribution in [3.05, 3.63) is 23.8 Å². The Labute approximate surface area is 185 Å². The van der Waals surface area contributed by atoms with E-state index >= 15 is 0 Å². The molecule has 4 aliphatic rings. The number of hydrogen-bond acceptors (Lipinski definition) is 2. The molecule has 0 aromatic heterocycles. The van der Waals surface area contributed by atoms with Gasteiger partial charge in [0.05, 0.1) is 6.10 Å². The van der Waals surface area contributed by atoms with Gasteiger partial charge in [-0.1, -0.05) is 51.5 Å². The topological polar surface area (TPSA) is 40.5 Å². The van der Waals surface area contributed by atoms with Crippen molar-refractivity contribution in [3.63, 3.8) is 0 Å². The molecule has 0 aromatic carbocycles. The molecule has 3 fully saturated rings. The Morgan fingerprint density at radius 3 is 2.60 bits per heavy atom. The highest BCUT2D eigenvalue weighted by molar-refractivity contribution is 5.25. The molecule has 170 valence electrons. The minimum Gasteiger partial charge on any atom is -0.396 e. The fraction of sp³-hybridized carbons (Fsp3) is 0.857. The standard InChI is InChI=1S/C28H46O2/c1-18(2)19(3)6-7-20(4)24-10-11-26-23-9-8-21-16-22(30)12-14-27(21,5)25(23)13-15-28(24,26)17-29/h8,18,20,22-26,29-30H,3,6-7,9-17H2,1-2,4-5H3/t20-,22+,23-,24-,25+,26+,27+,28+/m1/s1. The van der Waals surface area contributed by atoms with Crippen molar-refractivity contribution in [3.8, 4) is 0 Å². The van der Waals surface area contributed by atoms with Crippen LogP contribution in [0.3, 0.4) is 0 Å². The maximum absolute atomic E-state index is 10.8. The van der Waals surface area contributed by atoms with Gasteiger partial charge in [0.25, 0.3) is 0 Å². The highest BCUT2D eigenvalue weighted by Crippen LogP contribution is 2.67. The summed E-state index contributed by atoms with van der Waals surface area (Å²) in [4.78, 5) is 0. The van der Waals surface area contributed by atoms with Crippen LogP contribution in [-0.4, -0.2) is 22.9 Å². The highest BCUT2D eigenvalue weighted by Gasteiger charge is 2.60. The number of hydrogen-bond donors (Lipinski definition) is 2. The Kier molecular flexibility index (Phi) is 6.32. The van der Waals surface area contributed by atoms with Gasteiger partial charge in [-0.2, -0.15) is 0 Å². The molecule has 0 bridgehead atoms. The maximum atomic E-state index is 10.8. The van der Waals surface area contributed by atoms with E-state index in [4.69, 9.17) is 0 Å². The second-order valence-corrected chi connectivity index (χ2v) is 12.1. The van der Waals surface area contributed by atoms with Crippen LogP contribution in [0.1, 0.15) is 91.9 Å². The Hall–Kier alpha value is -0.600. The average molecular weight is 415 g/mol. The molecule has 0 unspecified atom stereocenters. The number of rotatable bonds is 6. The predicted octanol–water partition coefficient (Wildman–Crippen LogP) is 6.53. The van der Waals surface area contributed by atoms with E-state index in [1.54, 1.807) is 5.57 Å². The monoisotopic (exact) mass is 414 g/mol. The van der Waals surface area contributed by atoms with E-state index in [9.17, 15) is 10.2 Å². The minimum atomic E-state index is -0.127. The van der Waals surface area contributed by atoms with Gasteiger partial charge in [-0.05, 0) is 111 Å². The first-order valence-corrected chi connectivity index (χ1v) is 12.9. The Bertz CT molecular complexity index is 678. The molecule has 0 amide bonds. The third-order valence-corrected chi connectivity index (χ3v) is 10.6. The van der Waals surface area contributed by atoms with Crippen LogP contribution < -0.4 is 0 Å². The van der Waals surface area contributed by atoms with E-state index in [-0.39, 0.29) is 11.5 Å². The zero-order valence-corrected chi connectivity index (χ0v) is 20.0. The Morgan fingerprint density at radius 1 is 1.13 bits per heavy atom. The normalized spacial score (nSPS) is 44.1. The van der Waals surface area contributed by atoms with E-state index < -0.39 is 0 Å². The third kappa shape index (κ3) is 3.54. The van der Waals surface area contributed by atoms with E-state index in [2.05, 4.69) is 40.3 Å². The van der Waals surface area contributed by atoms with Gasteiger partial charge in [0.15, 0.2) is 0 Å². The zero-order chi connectivity index (χ0) is 21.7. The van der Waals surface area contributed by atoms with Gasteiger partial charge < -0.3 is 10.2 Å². The van der Waals surface area contributed by atoms with Crippen LogP contribution in [0.4, 0.5) is 0 Å². The van der Waals surface area contributed by atoms with Crippen molar-refractivity contribution in [2.45, 2.75) is 98.0 Å². The molecule has 0 spiro atoms. The van der Waals surface area contributed by atoms with Crippen LogP contribution >= 0.6 is 0 Å². The fourth-order valence-corrected chi connectivity index (χ4v) is 8.56. The van der Waals surface area contributed by atoms with Gasteiger partial charge in [0, 0.05) is 6.61 Å². The van der Waals surface area contributed by atoms with Crippen molar-refractivity contribution >= 4 is 0 Å². The van der Waals surface area contributed by atoms with Crippen LogP contribution in [0, 0.1) is 46.3 Å². The van der Waals surface area contributed by atoms with Crippen LogP contribution in [-0.2, 0) is 0 Å². The number of allylic oxidation sites excluding steroid dienone is 2. The van der Waals surface area contributed by atoms with Gasteiger partial charge in [-0.25, -0.2) is 0 Å². The summed E-state index contributed by atoms with van der Waals surface area (Å²) in [5, 5.41) is 21.0. The Morgan fingerprint density at radius 2 is 1.90 bits per heavy atom. The van der Waals surface area contributed by atoms with Crippen LogP contribution in [0.15, 0.2) is 23.8 Å². The number of fused-ring (bicyclic) bond motifs is 5. The molecule has 30 heavy (non-hydrogen) atoms. The lowest BCUT2D eigenvalue weighted by Crippen LogP contribution is -2.53. The largest absolute Gasteiger partial charge is 0.396 e. The molecule has 0 aromatic rings. The summed E-state index contributed by atoms with van der Waals surface area (Å²) in [6.07, 6.45) is 14.0. The molecular weight excluding hydrogens is 368 g/mol. The molecule has 2 nitrogen and oxygen atoms in total. The summed E-state index contributed by atoms with van der Waals surface area (Å²) >= 11 is 0. The third-order valence-electron chi connectivity index (χ3n) is 10.6. The minimum absolute atomic E-state index is 0.127.